The first-order chi connectivity index (χ1) is 13.9. The predicted octanol–water partition coefficient (Wildman–Crippen LogP) is 2.14. The number of nitrogens with zero attached hydrogens (tertiary/aromatic N) is 2. The van der Waals surface area contributed by atoms with Crippen molar-refractivity contribution in [3.05, 3.63) is 35.4 Å². The van der Waals surface area contributed by atoms with Crippen LogP contribution in [0.1, 0.15) is 56.5 Å². The first-order valence-corrected chi connectivity index (χ1v) is 10.6. The van der Waals surface area contributed by atoms with Crippen LogP contribution in [-0.4, -0.2) is 54.9 Å². The summed E-state index contributed by atoms with van der Waals surface area (Å²) in [5, 5.41) is 9.48. The molecule has 3 N–H and O–H groups in total. The van der Waals surface area contributed by atoms with E-state index >= 15 is 0 Å². The molecule has 160 valence electrons. The van der Waals surface area contributed by atoms with Crippen molar-refractivity contribution in [2.45, 2.75) is 53.1 Å². The topological polar surface area (TPSA) is 85.8 Å². The standard InChI is InChI=1S/C22H35N5O2/c1-5-23-22(26-17(4)7-6-16(2)3)25-14-18-8-10-19(11-9-18)21(29)27-13-12-24-20(28)15-27/h8-11,16-17H,5-7,12-15H2,1-4H3,(H,24,28)(H2,23,25,26). The average Bonchev–Trinajstić information content (AvgIpc) is 2.70. The molecule has 1 heterocycles. The van der Waals surface area contributed by atoms with Crippen LogP contribution in [0.25, 0.3) is 0 Å². The minimum Gasteiger partial charge on any atom is -0.357 e. The van der Waals surface area contributed by atoms with E-state index in [2.05, 4.69) is 48.6 Å². The highest BCUT2D eigenvalue weighted by Gasteiger charge is 2.22. The largest absolute Gasteiger partial charge is 0.357 e. The Morgan fingerprint density at radius 1 is 1.21 bits per heavy atom. The summed E-state index contributed by atoms with van der Waals surface area (Å²) < 4.78 is 0. The van der Waals surface area contributed by atoms with Crippen LogP contribution in [0.4, 0.5) is 0 Å². The molecule has 0 saturated carbocycles. The molecule has 2 amide bonds. The van der Waals surface area contributed by atoms with Crippen LogP contribution in [0.15, 0.2) is 29.3 Å². The Kier molecular flexibility index (Phi) is 8.96. The zero-order valence-electron chi connectivity index (χ0n) is 18.1. The van der Waals surface area contributed by atoms with E-state index in [0.717, 1.165) is 24.5 Å². The van der Waals surface area contributed by atoms with Crippen LogP contribution in [0.3, 0.4) is 0 Å². The summed E-state index contributed by atoms with van der Waals surface area (Å²) in [6.07, 6.45) is 2.29. The Balaban J connectivity index is 1.93. The number of aliphatic imine (C=N–C) groups is 1. The third kappa shape index (κ3) is 7.75. The monoisotopic (exact) mass is 401 g/mol. The van der Waals surface area contributed by atoms with E-state index in [-0.39, 0.29) is 18.4 Å². The highest BCUT2D eigenvalue weighted by Crippen LogP contribution is 2.10. The van der Waals surface area contributed by atoms with Gasteiger partial charge in [-0.2, -0.15) is 0 Å². The van der Waals surface area contributed by atoms with Crippen molar-refractivity contribution in [3.63, 3.8) is 0 Å². The van der Waals surface area contributed by atoms with Gasteiger partial charge in [0.25, 0.3) is 5.91 Å². The molecule has 1 aromatic carbocycles. The number of piperazine rings is 1. The van der Waals surface area contributed by atoms with Crippen LogP contribution in [-0.2, 0) is 11.3 Å². The molecule has 29 heavy (non-hydrogen) atoms. The third-order valence-corrected chi connectivity index (χ3v) is 4.85. The number of benzene rings is 1. The summed E-state index contributed by atoms with van der Waals surface area (Å²) in [6.45, 7) is 11.2. The first kappa shape index (κ1) is 22.7. The quantitative estimate of drug-likeness (QED) is 0.460. The second kappa shape index (κ2) is 11.4. The number of rotatable bonds is 8. The maximum absolute atomic E-state index is 12.5. The maximum Gasteiger partial charge on any atom is 0.254 e. The lowest BCUT2D eigenvalue weighted by Gasteiger charge is -2.26. The highest BCUT2D eigenvalue weighted by molar-refractivity contribution is 5.97. The fourth-order valence-corrected chi connectivity index (χ4v) is 3.13. The van der Waals surface area contributed by atoms with E-state index < -0.39 is 0 Å². The second-order valence-electron chi connectivity index (χ2n) is 7.99. The molecule has 1 aliphatic heterocycles. The van der Waals surface area contributed by atoms with E-state index in [1.807, 2.05) is 24.3 Å². The number of guanidine groups is 1. The smallest absolute Gasteiger partial charge is 0.254 e. The predicted molar refractivity (Wildman–Crippen MR) is 117 cm³/mol. The number of hydrogen-bond donors (Lipinski definition) is 3. The highest BCUT2D eigenvalue weighted by atomic mass is 16.2. The van der Waals surface area contributed by atoms with Gasteiger partial charge in [-0.25, -0.2) is 4.99 Å². The van der Waals surface area contributed by atoms with Gasteiger partial charge in [0.15, 0.2) is 5.96 Å². The van der Waals surface area contributed by atoms with Gasteiger partial charge in [0.05, 0.1) is 13.1 Å². The lowest BCUT2D eigenvalue weighted by atomic mass is 10.0. The van der Waals surface area contributed by atoms with Gasteiger partial charge in [0.2, 0.25) is 5.91 Å². The van der Waals surface area contributed by atoms with Crippen molar-refractivity contribution >= 4 is 17.8 Å². The number of amides is 2. The van der Waals surface area contributed by atoms with Crippen LogP contribution < -0.4 is 16.0 Å². The minimum atomic E-state index is -0.110. The van der Waals surface area contributed by atoms with Gasteiger partial charge in [-0.15, -0.1) is 0 Å². The van der Waals surface area contributed by atoms with Crippen molar-refractivity contribution in [1.82, 2.24) is 20.9 Å². The van der Waals surface area contributed by atoms with E-state index in [4.69, 9.17) is 0 Å². The van der Waals surface area contributed by atoms with Gasteiger partial charge in [0, 0.05) is 31.2 Å². The number of carbonyl (C=O) groups excluding carboxylic acids is 2. The molecule has 1 aromatic rings. The number of carbonyl (C=O) groups is 2. The van der Waals surface area contributed by atoms with Gasteiger partial charge >= 0.3 is 0 Å². The molecule has 0 aromatic heterocycles. The third-order valence-electron chi connectivity index (χ3n) is 4.85. The van der Waals surface area contributed by atoms with Crippen molar-refractivity contribution in [2.24, 2.45) is 10.9 Å². The minimum absolute atomic E-state index is 0.108. The molecular formula is C22H35N5O2. The Labute approximate surface area is 174 Å². The fraction of sp³-hybridized carbons (Fsp3) is 0.591. The summed E-state index contributed by atoms with van der Waals surface area (Å²) in [6, 6.07) is 7.83. The second-order valence-corrected chi connectivity index (χ2v) is 7.99. The Morgan fingerprint density at radius 3 is 2.55 bits per heavy atom. The molecule has 0 bridgehead atoms. The lowest BCUT2D eigenvalue weighted by Crippen LogP contribution is -2.49. The van der Waals surface area contributed by atoms with Gasteiger partial charge in [-0.05, 0) is 50.3 Å². The molecule has 0 aliphatic carbocycles. The van der Waals surface area contributed by atoms with Crippen LogP contribution >= 0.6 is 0 Å². The van der Waals surface area contributed by atoms with Crippen molar-refractivity contribution in [3.8, 4) is 0 Å². The molecular weight excluding hydrogens is 366 g/mol. The van der Waals surface area contributed by atoms with Crippen molar-refractivity contribution < 1.29 is 9.59 Å². The molecule has 1 aliphatic rings. The molecule has 2 rings (SSSR count). The summed E-state index contributed by atoms with van der Waals surface area (Å²) >= 11 is 0. The molecule has 0 spiro atoms. The van der Waals surface area contributed by atoms with Crippen LogP contribution in [0, 0.1) is 5.92 Å². The molecule has 1 fully saturated rings. The molecule has 0 radical (unpaired) electrons. The normalized spacial score (nSPS) is 15.8. The Morgan fingerprint density at radius 2 is 1.93 bits per heavy atom. The molecule has 1 unspecified atom stereocenters. The Hall–Kier alpha value is -2.57. The maximum atomic E-state index is 12.5. The van der Waals surface area contributed by atoms with Gasteiger partial charge < -0.3 is 20.9 Å². The van der Waals surface area contributed by atoms with Crippen LogP contribution in [0.5, 0.6) is 0 Å². The van der Waals surface area contributed by atoms with E-state index in [0.29, 0.717) is 37.2 Å². The average molecular weight is 402 g/mol. The summed E-state index contributed by atoms with van der Waals surface area (Å²) in [5.41, 5.74) is 1.63. The van der Waals surface area contributed by atoms with Gasteiger partial charge in [-0.1, -0.05) is 26.0 Å². The zero-order chi connectivity index (χ0) is 21.2. The molecule has 7 nitrogen and oxygen atoms in total. The van der Waals surface area contributed by atoms with E-state index in [1.54, 1.807) is 4.90 Å². The fourth-order valence-electron chi connectivity index (χ4n) is 3.13. The summed E-state index contributed by atoms with van der Waals surface area (Å²) in [5.74, 6) is 1.29. The summed E-state index contributed by atoms with van der Waals surface area (Å²) in [4.78, 5) is 30.3. The van der Waals surface area contributed by atoms with Crippen molar-refractivity contribution in [2.75, 3.05) is 26.2 Å². The SMILES string of the molecule is CCNC(=NCc1ccc(C(=O)N2CCNC(=O)C2)cc1)NC(C)CCC(C)C. The number of hydrogen-bond acceptors (Lipinski definition) is 3. The first-order valence-electron chi connectivity index (χ1n) is 10.6. The van der Waals surface area contributed by atoms with Gasteiger partial charge in [-0.3, -0.25) is 9.59 Å². The van der Waals surface area contributed by atoms with Crippen molar-refractivity contribution in [1.29, 1.82) is 0 Å². The number of nitrogens with one attached hydrogen (secondary N) is 3. The zero-order valence-corrected chi connectivity index (χ0v) is 18.1. The lowest BCUT2D eigenvalue weighted by molar-refractivity contribution is -0.123. The molecule has 7 heteroatoms. The summed E-state index contributed by atoms with van der Waals surface area (Å²) in [7, 11) is 0. The van der Waals surface area contributed by atoms with E-state index in [1.165, 1.54) is 6.42 Å². The van der Waals surface area contributed by atoms with Crippen LogP contribution in [0.2, 0.25) is 0 Å². The molecule has 1 atom stereocenters. The van der Waals surface area contributed by atoms with E-state index in [9.17, 15) is 9.59 Å². The molecule has 1 saturated heterocycles. The van der Waals surface area contributed by atoms with Gasteiger partial charge in [0.1, 0.15) is 0 Å². The Bertz CT molecular complexity index is 700.